The molecule has 8 heteroatoms. The van der Waals surface area contributed by atoms with Gasteiger partial charge in [-0.25, -0.2) is 4.79 Å². The van der Waals surface area contributed by atoms with Crippen LogP contribution in [0, 0.1) is 5.82 Å². The lowest BCUT2D eigenvalue weighted by Gasteiger charge is -2.16. The summed E-state index contributed by atoms with van der Waals surface area (Å²) in [6, 6.07) is 0. The van der Waals surface area contributed by atoms with Gasteiger partial charge in [0.2, 0.25) is 17.6 Å². The largest absolute Gasteiger partial charge is 0.492 e. The number of carbonyl (C=O) groups excluding carboxylic acids is 1. The van der Waals surface area contributed by atoms with Gasteiger partial charge in [-0.2, -0.15) is 4.39 Å². The number of hydrogen-bond donors (Lipinski definition) is 2. The molecule has 0 unspecified atom stereocenters. The van der Waals surface area contributed by atoms with E-state index >= 15 is 0 Å². The Labute approximate surface area is 100 Å². The van der Waals surface area contributed by atoms with Gasteiger partial charge in [0.25, 0.3) is 5.56 Å². The minimum atomic E-state index is -1.47. The van der Waals surface area contributed by atoms with Crippen molar-refractivity contribution in [2.75, 3.05) is 13.1 Å². The Kier molecular flexibility index (Phi) is 3.17. The average Bonchev–Trinajstić information content (AvgIpc) is 2.85. The Morgan fingerprint density at radius 3 is 2.56 bits per heavy atom. The predicted molar refractivity (Wildman–Crippen MR) is 58.8 cm³/mol. The molecule has 0 aromatic carbocycles. The number of likely N-dealkylation sites (tertiary alicyclic amines) is 1. The standard InChI is InChI=1S/C10H12FN3O4/c11-7-8(16)12-10(18)14(9(7)17)5-6(15)13-3-1-2-4-13/h17H,1-5H2,(H,12,16,18). The lowest BCUT2D eigenvalue weighted by Crippen LogP contribution is -2.38. The van der Waals surface area contributed by atoms with Crippen molar-refractivity contribution >= 4 is 5.91 Å². The molecule has 0 saturated carbocycles. The molecule has 0 bridgehead atoms. The van der Waals surface area contributed by atoms with Crippen LogP contribution in [0.4, 0.5) is 4.39 Å². The lowest BCUT2D eigenvalue weighted by molar-refractivity contribution is -0.130. The molecule has 18 heavy (non-hydrogen) atoms. The number of carbonyl (C=O) groups is 1. The minimum absolute atomic E-state index is 0.392. The SMILES string of the molecule is O=C(Cn1c(O)c(F)c(=O)[nH]c1=O)N1CCCC1. The fourth-order valence-electron chi connectivity index (χ4n) is 1.88. The van der Waals surface area contributed by atoms with Crippen LogP contribution in [0.2, 0.25) is 0 Å². The molecule has 0 aliphatic carbocycles. The first-order valence-electron chi connectivity index (χ1n) is 5.50. The summed E-state index contributed by atoms with van der Waals surface area (Å²) in [5, 5.41) is 9.35. The van der Waals surface area contributed by atoms with Gasteiger partial charge in [-0.05, 0) is 12.8 Å². The highest BCUT2D eigenvalue weighted by atomic mass is 19.1. The van der Waals surface area contributed by atoms with Gasteiger partial charge in [-0.3, -0.25) is 19.1 Å². The molecule has 1 fully saturated rings. The number of amides is 1. The summed E-state index contributed by atoms with van der Waals surface area (Å²) >= 11 is 0. The molecule has 1 aromatic rings. The molecule has 2 rings (SSSR count). The number of H-pyrrole nitrogens is 1. The average molecular weight is 257 g/mol. The zero-order valence-corrected chi connectivity index (χ0v) is 9.48. The van der Waals surface area contributed by atoms with Crippen LogP contribution in [0.3, 0.4) is 0 Å². The van der Waals surface area contributed by atoms with Crippen molar-refractivity contribution in [2.24, 2.45) is 0 Å². The Bertz CT molecular complexity index is 586. The summed E-state index contributed by atoms with van der Waals surface area (Å²) in [5.74, 6) is -2.98. The first-order chi connectivity index (χ1) is 8.50. The molecule has 1 amide bonds. The second kappa shape index (κ2) is 4.63. The number of hydrogen-bond acceptors (Lipinski definition) is 4. The van der Waals surface area contributed by atoms with E-state index in [4.69, 9.17) is 0 Å². The summed E-state index contributed by atoms with van der Waals surface area (Å²) in [6.07, 6.45) is 1.76. The summed E-state index contributed by atoms with van der Waals surface area (Å²) in [4.78, 5) is 37.2. The highest BCUT2D eigenvalue weighted by molar-refractivity contribution is 5.76. The number of aromatic hydroxyl groups is 1. The first-order valence-corrected chi connectivity index (χ1v) is 5.50. The van der Waals surface area contributed by atoms with Crippen LogP contribution in [0.15, 0.2) is 9.59 Å². The van der Waals surface area contributed by atoms with E-state index in [2.05, 4.69) is 0 Å². The van der Waals surface area contributed by atoms with Crippen LogP contribution in [-0.2, 0) is 11.3 Å². The van der Waals surface area contributed by atoms with Gasteiger partial charge in [0.1, 0.15) is 6.54 Å². The third-order valence-electron chi connectivity index (χ3n) is 2.87. The predicted octanol–water partition coefficient (Wildman–Crippen LogP) is -0.996. The molecular weight excluding hydrogens is 245 g/mol. The summed E-state index contributed by atoms with van der Waals surface area (Å²) in [7, 11) is 0. The highest BCUT2D eigenvalue weighted by Crippen LogP contribution is 2.11. The maximum atomic E-state index is 13.1. The van der Waals surface area contributed by atoms with E-state index in [0.29, 0.717) is 17.7 Å². The summed E-state index contributed by atoms with van der Waals surface area (Å²) in [5.41, 5.74) is -2.31. The Hall–Kier alpha value is -2.12. The van der Waals surface area contributed by atoms with E-state index in [1.807, 2.05) is 0 Å². The molecule has 1 saturated heterocycles. The minimum Gasteiger partial charge on any atom is -0.492 e. The quantitative estimate of drug-likeness (QED) is 0.710. The van der Waals surface area contributed by atoms with Crippen molar-refractivity contribution in [3.8, 4) is 5.88 Å². The topological polar surface area (TPSA) is 95.4 Å². The molecule has 2 heterocycles. The van der Waals surface area contributed by atoms with E-state index in [0.717, 1.165) is 12.8 Å². The number of nitrogens with one attached hydrogen (secondary N) is 1. The molecule has 7 nitrogen and oxygen atoms in total. The number of rotatable bonds is 2. The van der Waals surface area contributed by atoms with Crippen molar-refractivity contribution in [2.45, 2.75) is 19.4 Å². The van der Waals surface area contributed by atoms with E-state index in [1.54, 1.807) is 4.98 Å². The second-order valence-electron chi connectivity index (χ2n) is 4.07. The van der Waals surface area contributed by atoms with Crippen LogP contribution in [0.5, 0.6) is 5.88 Å². The number of halogens is 1. The van der Waals surface area contributed by atoms with E-state index in [-0.39, 0.29) is 0 Å². The third kappa shape index (κ3) is 2.13. The van der Waals surface area contributed by atoms with Crippen molar-refractivity contribution in [3.63, 3.8) is 0 Å². The van der Waals surface area contributed by atoms with Gasteiger partial charge < -0.3 is 10.0 Å². The van der Waals surface area contributed by atoms with Gasteiger partial charge in [-0.15, -0.1) is 0 Å². The van der Waals surface area contributed by atoms with Crippen molar-refractivity contribution in [1.29, 1.82) is 0 Å². The molecule has 98 valence electrons. The smallest absolute Gasteiger partial charge is 0.331 e. The van der Waals surface area contributed by atoms with Crippen LogP contribution in [0.1, 0.15) is 12.8 Å². The van der Waals surface area contributed by atoms with E-state index in [1.165, 1.54) is 4.90 Å². The zero-order valence-electron chi connectivity index (χ0n) is 9.48. The molecular formula is C10H12FN3O4. The maximum absolute atomic E-state index is 13.1. The second-order valence-corrected chi connectivity index (χ2v) is 4.07. The number of aromatic nitrogens is 2. The summed E-state index contributed by atoms with van der Waals surface area (Å²) < 4.78 is 13.6. The first kappa shape index (κ1) is 12.3. The molecule has 1 aromatic heterocycles. The van der Waals surface area contributed by atoms with Crippen molar-refractivity contribution in [3.05, 3.63) is 26.7 Å². The third-order valence-corrected chi connectivity index (χ3v) is 2.87. The van der Waals surface area contributed by atoms with Gasteiger partial charge in [-0.1, -0.05) is 0 Å². The van der Waals surface area contributed by atoms with Gasteiger partial charge >= 0.3 is 5.69 Å². The molecule has 0 spiro atoms. The lowest BCUT2D eigenvalue weighted by atomic mass is 10.4. The zero-order chi connectivity index (χ0) is 13.3. The Morgan fingerprint density at radius 1 is 1.33 bits per heavy atom. The van der Waals surface area contributed by atoms with Crippen LogP contribution < -0.4 is 11.2 Å². The van der Waals surface area contributed by atoms with Crippen LogP contribution in [-0.4, -0.2) is 38.6 Å². The fourth-order valence-corrected chi connectivity index (χ4v) is 1.88. The van der Waals surface area contributed by atoms with E-state index < -0.39 is 35.4 Å². The monoisotopic (exact) mass is 257 g/mol. The highest BCUT2D eigenvalue weighted by Gasteiger charge is 2.21. The molecule has 0 atom stereocenters. The fraction of sp³-hybridized carbons (Fsp3) is 0.500. The van der Waals surface area contributed by atoms with Crippen molar-refractivity contribution in [1.82, 2.24) is 14.5 Å². The van der Waals surface area contributed by atoms with E-state index in [9.17, 15) is 23.9 Å². The Morgan fingerprint density at radius 2 is 1.94 bits per heavy atom. The maximum Gasteiger partial charge on any atom is 0.331 e. The number of aromatic amines is 1. The van der Waals surface area contributed by atoms with Gasteiger partial charge in [0.05, 0.1) is 0 Å². The van der Waals surface area contributed by atoms with Crippen molar-refractivity contribution < 1.29 is 14.3 Å². The molecule has 0 radical (unpaired) electrons. The molecule has 1 aliphatic rings. The molecule has 1 aliphatic heterocycles. The number of nitrogens with zero attached hydrogens (tertiary/aromatic N) is 2. The van der Waals surface area contributed by atoms with Crippen LogP contribution >= 0.6 is 0 Å². The van der Waals surface area contributed by atoms with Crippen LogP contribution in [0.25, 0.3) is 0 Å². The van der Waals surface area contributed by atoms with Gasteiger partial charge in [0.15, 0.2) is 0 Å². The Balaban J connectivity index is 2.29. The molecule has 2 N–H and O–H groups in total. The normalized spacial score (nSPS) is 15.1. The van der Waals surface area contributed by atoms with Gasteiger partial charge in [0, 0.05) is 13.1 Å². The summed E-state index contributed by atoms with van der Waals surface area (Å²) in [6.45, 7) is 0.679.